The van der Waals surface area contributed by atoms with Crippen LogP contribution in [0.5, 0.6) is 0 Å². The second kappa shape index (κ2) is 7.80. The van der Waals surface area contributed by atoms with Crippen LogP contribution in [-0.4, -0.2) is 42.3 Å². The van der Waals surface area contributed by atoms with E-state index >= 15 is 0 Å². The minimum atomic E-state index is -4.60. The number of pyridine rings is 1. The van der Waals surface area contributed by atoms with E-state index in [1.165, 1.54) is 12.5 Å². The van der Waals surface area contributed by atoms with E-state index in [2.05, 4.69) is 20.1 Å². The zero-order valence-corrected chi connectivity index (χ0v) is 20.4. The van der Waals surface area contributed by atoms with Gasteiger partial charge in [0, 0.05) is 49.6 Å². The number of likely N-dealkylation sites (tertiary alicyclic amines) is 1. The summed E-state index contributed by atoms with van der Waals surface area (Å²) in [5.74, 6) is 2.27. The lowest BCUT2D eigenvalue weighted by Gasteiger charge is -2.41. The molecule has 192 valence electrons. The first-order chi connectivity index (χ1) is 17.7. The van der Waals surface area contributed by atoms with Gasteiger partial charge in [0.05, 0.1) is 11.0 Å². The van der Waals surface area contributed by atoms with Crippen molar-refractivity contribution in [1.29, 1.82) is 0 Å². The third kappa shape index (κ3) is 3.56. The molecular weight excluding hydrogens is 481 g/mol. The van der Waals surface area contributed by atoms with Gasteiger partial charge in [-0.05, 0) is 54.9 Å². The molecular formula is C27H27F3N6O. The fourth-order valence-corrected chi connectivity index (χ4v) is 6.48. The molecule has 7 nitrogen and oxygen atoms in total. The fourth-order valence-electron chi connectivity index (χ4n) is 6.48. The van der Waals surface area contributed by atoms with Crippen LogP contribution in [0.2, 0.25) is 0 Å². The number of nitrogens with zero attached hydrogens (tertiary/aromatic N) is 5. The molecule has 3 aliphatic rings. The maximum atomic E-state index is 14.2. The second-order valence-corrected chi connectivity index (χ2v) is 11.0. The molecule has 0 bridgehead atoms. The Balaban J connectivity index is 1.33. The van der Waals surface area contributed by atoms with Crippen molar-refractivity contribution in [3.8, 4) is 5.69 Å². The van der Waals surface area contributed by atoms with Crippen LogP contribution in [0, 0.1) is 11.8 Å². The lowest BCUT2D eigenvalue weighted by Crippen LogP contribution is -2.38. The van der Waals surface area contributed by atoms with Crippen LogP contribution in [0.1, 0.15) is 48.3 Å². The van der Waals surface area contributed by atoms with Crippen LogP contribution in [0.3, 0.4) is 0 Å². The van der Waals surface area contributed by atoms with E-state index in [-0.39, 0.29) is 16.3 Å². The number of H-pyrrole nitrogens is 1. The topological polar surface area (TPSA) is 71.7 Å². The van der Waals surface area contributed by atoms with E-state index in [0.29, 0.717) is 17.9 Å². The number of nitrogens with one attached hydrogen (secondary N) is 1. The monoisotopic (exact) mass is 508 g/mol. The number of aromatic nitrogens is 5. The average Bonchev–Trinajstić information content (AvgIpc) is 3.16. The minimum absolute atomic E-state index is 0.00811. The molecule has 10 heteroatoms. The van der Waals surface area contributed by atoms with Gasteiger partial charge in [0.1, 0.15) is 17.7 Å². The first-order valence-corrected chi connectivity index (χ1v) is 12.8. The summed E-state index contributed by atoms with van der Waals surface area (Å²) < 4.78 is 45.7. The second-order valence-electron chi connectivity index (χ2n) is 11.0. The highest BCUT2D eigenvalue weighted by Gasteiger charge is 2.45. The Morgan fingerprint density at radius 2 is 1.95 bits per heavy atom. The number of benzene rings is 1. The number of alkyl halides is 3. The van der Waals surface area contributed by atoms with Gasteiger partial charge >= 0.3 is 6.18 Å². The highest BCUT2D eigenvalue weighted by Crippen LogP contribution is 2.48. The maximum Gasteiger partial charge on any atom is 0.418 e. The Labute approximate surface area is 210 Å². The van der Waals surface area contributed by atoms with Gasteiger partial charge in [-0.25, -0.2) is 0 Å². The van der Waals surface area contributed by atoms with Gasteiger partial charge in [0.15, 0.2) is 0 Å². The van der Waals surface area contributed by atoms with Crippen molar-refractivity contribution >= 4 is 10.9 Å². The van der Waals surface area contributed by atoms with Gasteiger partial charge in [-0.15, -0.1) is 10.2 Å². The van der Waals surface area contributed by atoms with Gasteiger partial charge in [0.25, 0.3) is 5.56 Å². The molecule has 2 atom stereocenters. The van der Waals surface area contributed by atoms with E-state index in [1.807, 2.05) is 23.7 Å². The number of halogens is 3. The number of fused-ring (bicyclic) bond motifs is 2. The smallest absolute Gasteiger partial charge is 0.353 e. The Morgan fingerprint density at radius 1 is 1.16 bits per heavy atom. The molecule has 37 heavy (non-hydrogen) atoms. The van der Waals surface area contributed by atoms with E-state index in [9.17, 15) is 18.0 Å². The summed E-state index contributed by atoms with van der Waals surface area (Å²) in [5, 5.41) is 8.30. The molecule has 4 aromatic rings. The highest BCUT2D eigenvalue weighted by atomic mass is 19.4. The fraction of sp³-hybridized carbons (Fsp3) is 0.444. The van der Waals surface area contributed by atoms with Crippen LogP contribution >= 0.6 is 0 Å². The van der Waals surface area contributed by atoms with Crippen LogP contribution in [-0.2, 0) is 25.2 Å². The number of aryl methyl sites for hydroxylation is 1. The molecule has 1 saturated heterocycles. The summed E-state index contributed by atoms with van der Waals surface area (Å²) in [4.78, 5) is 18.9. The predicted octanol–water partition coefficient (Wildman–Crippen LogP) is 4.39. The summed E-state index contributed by atoms with van der Waals surface area (Å²) in [6, 6.07) is 8.76. The number of rotatable bonds is 5. The first-order valence-electron chi connectivity index (χ1n) is 12.8. The maximum absolute atomic E-state index is 14.2. The Bertz CT molecular complexity index is 1570. The Morgan fingerprint density at radius 3 is 2.59 bits per heavy atom. The van der Waals surface area contributed by atoms with Crippen molar-refractivity contribution in [3.05, 3.63) is 75.9 Å². The molecule has 1 aliphatic heterocycles. The Hall–Kier alpha value is -3.40. The Kier molecular flexibility index (Phi) is 4.80. The molecule has 1 N–H and O–H groups in total. The molecule has 0 spiro atoms. The third-order valence-corrected chi connectivity index (χ3v) is 8.63. The number of aromatic amines is 1. The van der Waals surface area contributed by atoms with E-state index in [1.54, 1.807) is 18.5 Å². The minimum Gasteiger partial charge on any atom is -0.353 e. The first kappa shape index (κ1) is 22.8. The predicted molar refractivity (Wildman–Crippen MR) is 131 cm³/mol. The molecule has 2 aliphatic carbocycles. The van der Waals surface area contributed by atoms with Crippen molar-refractivity contribution in [3.63, 3.8) is 0 Å². The molecule has 4 heterocycles. The normalized spacial score (nSPS) is 22.8. The molecule has 2 unspecified atom stereocenters. The van der Waals surface area contributed by atoms with Gasteiger partial charge in [0.2, 0.25) is 0 Å². The lowest BCUT2D eigenvalue weighted by molar-refractivity contribution is -0.136. The number of piperidine rings is 1. The van der Waals surface area contributed by atoms with Gasteiger partial charge < -0.3 is 9.55 Å². The summed E-state index contributed by atoms with van der Waals surface area (Å²) in [6.45, 7) is 2.46. The van der Waals surface area contributed by atoms with Gasteiger partial charge in [-0.1, -0.05) is 18.6 Å². The van der Waals surface area contributed by atoms with Crippen molar-refractivity contribution in [2.24, 2.45) is 18.9 Å². The molecule has 7 rings (SSSR count). The molecule has 0 amide bonds. The van der Waals surface area contributed by atoms with Gasteiger partial charge in [-0.3, -0.25) is 14.3 Å². The van der Waals surface area contributed by atoms with Crippen molar-refractivity contribution < 1.29 is 13.2 Å². The summed E-state index contributed by atoms with van der Waals surface area (Å²) in [6.07, 6.45) is 2.00. The zero-order valence-electron chi connectivity index (χ0n) is 20.4. The van der Waals surface area contributed by atoms with Gasteiger partial charge in [-0.2, -0.15) is 13.2 Å². The van der Waals surface area contributed by atoms with Crippen LogP contribution < -0.4 is 5.56 Å². The van der Waals surface area contributed by atoms with E-state index in [4.69, 9.17) is 0 Å². The highest BCUT2D eigenvalue weighted by molar-refractivity contribution is 5.84. The molecule has 3 fully saturated rings. The third-order valence-electron chi connectivity index (χ3n) is 8.63. The quantitative estimate of drug-likeness (QED) is 0.434. The van der Waals surface area contributed by atoms with Crippen LogP contribution in [0.15, 0.2) is 47.7 Å². The molecule has 3 aromatic heterocycles. The van der Waals surface area contributed by atoms with Crippen molar-refractivity contribution in [1.82, 2.24) is 29.2 Å². The molecule has 1 aromatic carbocycles. The molecule has 2 saturated carbocycles. The number of hydrogen-bond donors (Lipinski definition) is 1. The van der Waals surface area contributed by atoms with E-state index < -0.39 is 17.3 Å². The van der Waals surface area contributed by atoms with Crippen LogP contribution in [0.4, 0.5) is 13.2 Å². The lowest BCUT2D eigenvalue weighted by atomic mass is 9.63. The van der Waals surface area contributed by atoms with Crippen LogP contribution in [0.25, 0.3) is 16.6 Å². The van der Waals surface area contributed by atoms with E-state index in [0.717, 1.165) is 66.3 Å². The summed E-state index contributed by atoms with van der Waals surface area (Å²) >= 11 is 0. The standard InChI is InChI=1S/C27H27F3N6O/c1-34-15-31-33-25(34)26(6-3-7-26)18-4-2-5-20(9-18)36-14-22(27(28,29)30)21-10-19(32-23(21)24(36)37)13-35-11-16-8-17(16)12-35/h2,4-5,9-10,14-17,32H,3,6-8,11-13H2,1H3. The summed E-state index contributed by atoms with van der Waals surface area (Å²) in [5.41, 5.74) is 0.291. The van der Waals surface area contributed by atoms with Crippen molar-refractivity contribution in [2.45, 2.75) is 43.8 Å². The summed E-state index contributed by atoms with van der Waals surface area (Å²) in [7, 11) is 1.89. The molecule has 0 radical (unpaired) electrons. The largest absolute Gasteiger partial charge is 0.418 e. The number of hydrogen-bond acceptors (Lipinski definition) is 4. The zero-order chi connectivity index (χ0) is 25.5. The average molecular weight is 509 g/mol. The SMILES string of the molecule is Cn1cnnc1C1(c2cccc(-n3cc(C(F)(F)F)c4cc(CN5CC6CC6C5)[nH]c4c3=O)c2)CCC1. The van der Waals surface area contributed by atoms with Crippen molar-refractivity contribution in [2.75, 3.05) is 13.1 Å².